The number of ether oxygens (including phenoxy) is 4. The van der Waals surface area contributed by atoms with Crippen molar-refractivity contribution >= 4 is 39.5 Å². The van der Waals surface area contributed by atoms with Crippen LogP contribution in [-0.2, 0) is 65.4 Å². The van der Waals surface area contributed by atoms with Crippen molar-refractivity contribution < 1.29 is 80.2 Å². The predicted octanol–water partition coefficient (Wildman–Crippen LogP) is 24.2. The second-order valence-corrected chi connectivity index (χ2v) is 29.8. The van der Waals surface area contributed by atoms with E-state index in [1.54, 1.807) is 0 Å². The zero-order valence-corrected chi connectivity index (χ0v) is 68.1. The maximum Gasteiger partial charge on any atom is 0.472 e. The highest BCUT2D eigenvalue weighted by molar-refractivity contribution is 7.47. The van der Waals surface area contributed by atoms with Crippen molar-refractivity contribution in [3.8, 4) is 0 Å². The third-order valence-electron chi connectivity index (χ3n) is 16.8. The Labute approximate surface area is 643 Å². The van der Waals surface area contributed by atoms with Gasteiger partial charge in [0.2, 0.25) is 0 Å². The SMILES string of the molecule is CC/C=C\C/C=C\C/C=C\C/C=C\C/C=C\CCCC(=O)OCC(COP(=O)(O)OCC(O)COP(=O)(O)OCC(COC(=O)CCCCCC/C=C\C/C=C\C/C=C\C/C=C\CC)OC(=O)CCCCCCCCCCCCCCCCC)OC(=O)CCCCCCCCC/C=C\C/C=C\C/C=C\CC. The Morgan fingerprint density at radius 1 is 0.274 bits per heavy atom. The molecular formula is C87H146O17P2. The molecule has 0 saturated heterocycles. The molecule has 0 heterocycles. The lowest BCUT2D eigenvalue weighted by Crippen LogP contribution is -2.30. The maximum absolute atomic E-state index is 13.1. The molecule has 0 aromatic carbocycles. The van der Waals surface area contributed by atoms with Crippen molar-refractivity contribution in [2.75, 3.05) is 39.6 Å². The summed E-state index contributed by atoms with van der Waals surface area (Å²) in [6.07, 6.45) is 89.6. The molecule has 3 N–H and O–H groups in total. The third-order valence-corrected chi connectivity index (χ3v) is 18.7. The summed E-state index contributed by atoms with van der Waals surface area (Å²) in [4.78, 5) is 73.1. The van der Waals surface area contributed by atoms with Crippen LogP contribution in [0.2, 0.25) is 0 Å². The number of hydrogen-bond acceptors (Lipinski definition) is 15. The first-order chi connectivity index (χ1) is 51.7. The Balaban J connectivity index is 5.45. The monoisotopic (exact) mass is 1530 g/mol. The number of phosphoric ester groups is 2. The van der Waals surface area contributed by atoms with Gasteiger partial charge in [-0.2, -0.15) is 0 Å². The van der Waals surface area contributed by atoms with Gasteiger partial charge in [0.15, 0.2) is 12.2 Å². The largest absolute Gasteiger partial charge is 0.472 e. The first kappa shape index (κ1) is 101. The van der Waals surface area contributed by atoms with E-state index < -0.39 is 97.5 Å². The van der Waals surface area contributed by atoms with Gasteiger partial charge in [0.1, 0.15) is 19.3 Å². The molecule has 0 fully saturated rings. The van der Waals surface area contributed by atoms with E-state index in [-0.39, 0.29) is 25.7 Å². The maximum atomic E-state index is 13.1. The molecule has 0 saturated carbocycles. The molecule has 0 aromatic heterocycles. The highest BCUT2D eigenvalue weighted by atomic mass is 31.2. The summed E-state index contributed by atoms with van der Waals surface area (Å²) in [6, 6.07) is 0. The smallest absolute Gasteiger partial charge is 0.462 e. The number of esters is 4. The summed E-state index contributed by atoms with van der Waals surface area (Å²) < 4.78 is 68.7. The molecule has 0 aliphatic rings. The van der Waals surface area contributed by atoms with Gasteiger partial charge in [0.25, 0.3) is 0 Å². The topological polar surface area (TPSA) is 237 Å². The van der Waals surface area contributed by atoms with Crippen LogP contribution in [0.3, 0.4) is 0 Å². The Morgan fingerprint density at radius 3 is 0.792 bits per heavy atom. The van der Waals surface area contributed by atoms with Crippen LogP contribution >= 0.6 is 15.6 Å². The van der Waals surface area contributed by atoms with Gasteiger partial charge < -0.3 is 33.8 Å². The van der Waals surface area contributed by atoms with Crippen LogP contribution in [0.1, 0.15) is 323 Å². The van der Waals surface area contributed by atoms with Gasteiger partial charge >= 0.3 is 39.5 Å². The minimum absolute atomic E-state index is 0.0673. The number of hydrogen-bond donors (Lipinski definition) is 3. The standard InChI is InChI=1S/C87H146O17P2/c1-5-9-13-17-21-25-29-33-37-40-44-47-51-55-59-63-67-71-84(89)97-77-82(103-86(91)73-69-65-61-57-53-49-43-36-32-28-24-20-16-12-8-4)79-101-105(93,94)99-75-81(88)76-100-106(95,96)102-80-83(104-87(92)74-70-66-62-58-54-50-46-42-39-35-31-27-23-19-15-11-7-3)78-98-85(90)72-68-64-60-56-52-48-45-41-38-34-30-26-22-18-14-10-6-2/h9-11,13-15,21-23,25-27,33-35,37-39,44-45,47-48,56,60,81-83,88H,5-8,12,16-20,24,28-32,36,40-43,46,49-55,57-59,61-80H2,1-4H3,(H,93,94)(H,95,96)/b13-9-,14-10-,15-11-,25-21-,26-22-,27-23-,37-33-,38-34-,39-35-,47-44-,48-45-,60-56-. The molecule has 5 atom stereocenters. The fraction of sp³-hybridized carbons (Fsp3) is 0.678. The molecular weight excluding hydrogens is 1380 g/mol. The van der Waals surface area contributed by atoms with Crippen LogP contribution in [0.4, 0.5) is 0 Å². The average molecular weight is 1530 g/mol. The first-order valence-corrected chi connectivity index (χ1v) is 44.1. The Hall–Kier alpha value is -5.06. The summed E-state index contributed by atoms with van der Waals surface area (Å²) in [7, 11) is -9.99. The van der Waals surface area contributed by atoms with Crippen molar-refractivity contribution in [3.05, 3.63) is 146 Å². The quantitative estimate of drug-likeness (QED) is 0.0169. The molecule has 0 aliphatic heterocycles. The lowest BCUT2D eigenvalue weighted by Gasteiger charge is -2.21. The van der Waals surface area contributed by atoms with E-state index >= 15 is 0 Å². The lowest BCUT2D eigenvalue weighted by atomic mass is 10.0. The second-order valence-electron chi connectivity index (χ2n) is 26.9. The van der Waals surface area contributed by atoms with Crippen molar-refractivity contribution in [3.63, 3.8) is 0 Å². The van der Waals surface area contributed by atoms with E-state index in [0.29, 0.717) is 32.1 Å². The highest BCUT2D eigenvalue weighted by Gasteiger charge is 2.30. The summed E-state index contributed by atoms with van der Waals surface area (Å²) in [5, 5.41) is 10.7. The van der Waals surface area contributed by atoms with Crippen LogP contribution in [0.5, 0.6) is 0 Å². The van der Waals surface area contributed by atoms with E-state index in [4.69, 9.17) is 37.0 Å². The van der Waals surface area contributed by atoms with Crippen LogP contribution < -0.4 is 0 Å². The van der Waals surface area contributed by atoms with Crippen molar-refractivity contribution in [2.24, 2.45) is 0 Å². The van der Waals surface area contributed by atoms with Gasteiger partial charge in [-0.3, -0.25) is 37.3 Å². The number of carbonyl (C=O) groups excluding carboxylic acids is 4. The lowest BCUT2D eigenvalue weighted by molar-refractivity contribution is -0.161. The Kier molecular flexibility index (Phi) is 74.3. The molecule has 0 aromatic rings. The van der Waals surface area contributed by atoms with E-state index in [1.807, 2.05) is 12.2 Å². The van der Waals surface area contributed by atoms with Gasteiger partial charge in [-0.1, -0.05) is 308 Å². The van der Waals surface area contributed by atoms with Gasteiger partial charge in [-0.15, -0.1) is 0 Å². The summed E-state index contributed by atoms with van der Waals surface area (Å²) in [6.45, 7) is 4.46. The van der Waals surface area contributed by atoms with Crippen molar-refractivity contribution in [1.82, 2.24) is 0 Å². The number of rotatable bonds is 76. The normalized spacial score (nSPS) is 14.6. The van der Waals surface area contributed by atoms with Gasteiger partial charge in [0.05, 0.1) is 26.4 Å². The van der Waals surface area contributed by atoms with E-state index in [1.165, 1.54) is 64.2 Å². The molecule has 0 bridgehead atoms. The Morgan fingerprint density at radius 2 is 0.500 bits per heavy atom. The Bertz CT molecular complexity index is 2580. The molecule has 17 nitrogen and oxygen atoms in total. The summed E-state index contributed by atoms with van der Waals surface area (Å²) in [5.74, 6) is -2.27. The van der Waals surface area contributed by atoms with Gasteiger partial charge in [-0.05, 0) is 135 Å². The van der Waals surface area contributed by atoms with Crippen LogP contribution in [0.25, 0.3) is 0 Å². The molecule has 0 spiro atoms. The number of unbranched alkanes of at least 4 members (excludes halogenated alkanes) is 26. The first-order valence-electron chi connectivity index (χ1n) is 41.1. The number of aliphatic hydroxyl groups is 1. The molecule has 0 aliphatic carbocycles. The third kappa shape index (κ3) is 77.1. The highest BCUT2D eigenvalue weighted by Crippen LogP contribution is 2.45. The molecule has 5 unspecified atom stereocenters. The van der Waals surface area contributed by atoms with E-state index in [2.05, 4.69) is 161 Å². The minimum atomic E-state index is -5.00. The molecule has 106 heavy (non-hydrogen) atoms. The van der Waals surface area contributed by atoms with Crippen molar-refractivity contribution in [2.45, 2.75) is 341 Å². The number of allylic oxidation sites excluding steroid dienone is 24. The van der Waals surface area contributed by atoms with Crippen LogP contribution in [-0.4, -0.2) is 96.7 Å². The minimum Gasteiger partial charge on any atom is -0.462 e. The zero-order chi connectivity index (χ0) is 77.4. The van der Waals surface area contributed by atoms with E-state index in [0.717, 1.165) is 173 Å². The van der Waals surface area contributed by atoms with Crippen LogP contribution in [0, 0.1) is 0 Å². The van der Waals surface area contributed by atoms with Gasteiger partial charge in [0, 0.05) is 25.7 Å². The second kappa shape index (κ2) is 78.1. The fourth-order valence-electron chi connectivity index (χ4n) is 10.7. The molecule has 606 valence electrons. The van der Waals surface area contributed by atoms with Crippen LogP contribution in [0.15, 0.2) is 146 Å². The number of carbonyl (C=O) groups is 4. The number of aliphatic hydroxyl groups excluding tert-OH is 1. The summed E-state index contributed by atoms with van der Waals surface area (Å²) >= 11 is 0. The van der Waals surface area contributed by atoms with Crippen molar-refractivity contribution in [1.29, 1.82) is 0 Å². The predicted molar refractivity (Wildman–Crippen MR) is 436 cm³/mol. The summed E-state index contributed by atoms with van der Waals surface area (Å²) in [5.41, 5.74) is 0. The fourth-order valence-corrected chi connectivity index (χ4v) is 12.3. The van der Waals surface area contributed by atoms with Gasteiger partial charge in [-0.25, -0.2) is 9.13 Å². The molecule has 0 rings (SSSR count). The molecule has 19 heteroatoms. The molecule has 0 radical (unpaired) electrons. The molecule has 0 amide bonds. The average Bonchev–Trinajstić information content (AvgIpc) is 0.902. The number of phosphoric acid groups is 2. The van der Waals surface area contributed by atoms with E-state index in [9.17, 15) is 43.2 Å². The zero-order valence-electron chi connectivity index (χ0n) is 66.3.